The van der Waals surface area contributed by atoms with Gasteiger partial charge in [0.2, 0.25) is 0 Å². The van der Waals surface area contributed by atoms with Gasteiger partial charge in [0.15, 0.2) is 0 Å². The van der Waals surface area contributed by atoms with Crippen LogP contribution in [0.3, 0.4) is 0 Å². The van der Waals surface area contributed by atoms with Crippen LogP contribution in [0.2, 0.25) is 0 Å². The zero-order valence-corrected chi connectivity index (χ0v) is 9.50. The normalized spacial score (nSPS) is 13.1. The van der Waals surface area contributed by atoms with Gasteiger partial charge >= 0.3 is 0 Å². The molecule has 0 saturated heterocycles. The van der Waals surface area contributed by atoms with Gasteiger partial charge in [-0.2, -0.15) is 0 Å². The van der Waals surface area contributed by atoms with E-state index in [-0.39, 0.29) is 6.04 Å². The predicted octanol–water partition coefficient (Wildman–Crippen LogP) is 3.28. The van der Waals surface area contributed by atoms with Gasteiger partial charge in [0.05, 0.1) is 6.04 Å². The Labute approximate surface area is 97.7 Å². The van der Waals surface area contributed by atoms with Crippen molar-refractivity contribution in [2.24, 2.45) is 5.73 Å². The van der Waals surface area contributed by atoms with E-state index in [9.17, 15) is 0 Å². The molecule has 0 spiro atoms. The predicted molar refractivity (Wildman–Crippen MR) is 68.6 cm³/mol. The third-order valence-corrected chi connectivity index (χ3v) is 3.74. The lowest BCUT2D eigenvalue weighted by Crippen LogP contribution is -2.09. The number of benzene rings is 1. The zero-order chi connectivity index (χ0) is 11.0. The highest BCUT2D eigenvalue weighted by Gasteiger charge is 2.10. The number of thiophene rings is 1. The number of rotatable bonds is 2. The van der Waals surface area contributed by atoms with E-state index < -0.39 is 0 Å². The quantitative estimate of drug-likeness (QED) is 0.694. The lowest BCUT2D eigenvalue weighted by atomic mass is 10.0. The van der Waals surface area contributed by atoms with E-state index in [4.69, 9.17) is 5.73 Å². The van der Waals surface area contributed by atoms with Gasteiger partial charge in [-0.3, -0.25) is 0 Å². The molecule has 0 unspecified atom stereocenters. The average molecular weight is 228 g/mol. The lowest BCUT2D eigenvalue weighted by Gasteiger charge is -2.09. The van der Waals surface area contributed by atoms with Gasteiger partial charge in [-0.15, -0.1) is 11.3 Å². The minimum absolute atomic E-state index is 0.0206. The number of aromatic nitrogens is 1. The van der Waals surface area contributed by atoms with Crippen LogP contribution in [0.25, 0.3) is 10.9 Å². The van der Waals surface area contributed by atoms with Crippen LogP contribution < -0.4 is 5.73 Å². The molecule has 80 valence electrons. The number of aromatic amines is 1. The van der Waals surface area contributed by atoms with Crippen molar-refractivity contribution in [3.05, 3.63) is 58.4 Å². The van der Waals surface area contributed by atoms with E-state index >= 15 is 0 Å². The van der Waals surface area contributed by atoms with Crippen LogP contribution in [0, 0.1) is 0 Å². The highest BCUT2D eigenvalue weighted by molar-refractivity contribution is 7.10. The first-order valence-corrected chi connectivity index (χ1v) is 6.08. The molecule has 0 amide bonds. The first kappa shape index (κ1) is 9.63. The molecule has 0 aliphatic carbocycles. The average Bonchev–Trinajstić information content (AvgIpc) is 2.98. The van der Waals surface area contributed by atoms with E-state index in [2.05, 4.69) is 40.7 Å². The second-order valence-corrected chi connectivity index (χ2v) is 4.80. The van der Waals surface area contributed by atoms with E-state index in [1.165, 1.54) is 10.3 Å². The third kappa shape index (κ3) is 1.54. The fraction of sp³-hybridized carbons (Fsp3) is 0.0769. The van der Waals surface area contributed by atoms with Crippen molar-refractivity contribution >= 4 is 22.2 Å². The van der Waals surface area contributed by atoms with Gasteiger partial charge in [-0.05, 0) is 34.5 Å². The fourth-order valence-electron chi connectivity index (χ4n) is 1.89. The van der Waals surface area contributed by atoms with Crippen LogP contribution in [0.15, 0.2) is 48.0 Å². The van der Waals surface area contributed by atoms with Gasteiger partial charge in [-0.1, -0.05) is 18.2 Å². The maximum absolute atomic E-state index is 6.22. The molecule has 3 rings (SSSR count). The second kappa shape index (κ2) is 3.77. The zero-order valence-electron chi connectivity index (χ0n) is 8.68. The molecule has 0 aliphatic heterocycles. The number of nitrogens with one attached hydrogen (secondary N) is 1. The Hall–Kier alpha value is -1.58. The standard InChI is InChI=1S/C13H12N2S/c14-13(12-2-1-7-16-12)10-4-3-9-5-6-15-11(9)8-10/h1-8,13,15H,14H2/t13-/m1/s1. The lowest BCUT2D eigenvalue weighted by molar-refractivity contribution is 0.895. The van der Waals surface area contributed by atoms with Gasteiger partial charge in [0.1, 0.15) is 0 Å². The molecule has 16 heavy (non-hydrogen) atoms. The van der Waals surface area contributed by atoms with E-state index in [1.807, 2.05) is 12.3 Å². The van der Waals surface area contributed by atoms with Crippen molar-refractivity contribution in [3.63, 3.8) is 0 Å². The monoisotopic (exact) mass is 228 g/mol. The Bertz CT molecular complexity index is 595. The molecule has 1 aromatic carbocycles. The number of hydrogen-bond donors (Lipinski definition) is 2. The van der Waals surface area contributed by atoms with Crippen molar-refractivity contribution in [2.75, 3.05) is 0 Å². The van der Waals surface area contributed by atoms with Crippen LogP contribution in [0.5, 0.6) is 0 Å². The van der Waals surface area contributed by atoms with Crippen molar-refractivity contribution in [1.29, 1.82) is 0 Å². The first-order chi connectivity index (χ1) is 7.84. The summed E-state index contributed by atoms with van der Waals surface area (Å²) in [6.45, 7) is 0. The minimum atomic E-state index is -0.0206. The molecule has 0 fully saturated rings. The molecule has 1 atom stereocenters. The van der Waals surface area contributed by atoms with Crippen LogP contribution in [-0.4, -0.2) is 4.98 Å². The Morgan fingerprint density at radius 3 is 2.94 bits per heavy atom. The molecule has 3 heteroatoms. The summed E-state index contributed by atoms with van der Waals surface area (Å²) in [7, 11) is 0. The van der Waals surface area contributed by atoms with Crippen molar-refractivity contribution < 1.29 is 0 Å². The summed E-state index contributed by atoms with van der Waals surface area (Å²) in [6, 6.07) is 12.5. The third-order valence-electron chi connectivity index (χ3n) is 2.79. The molecule has 2 heterocycles. The number of H-pyrrole nitrogens is 1. The molecule has 2 aromatic heterocycles. The smallest absolute Gasteiger partial charge is 0.0646 e. The topological polar surface area (TPSA) is 41.8 Å². The largest absolute Gasteiger partial charge is 0.361 e. The van der Waals surface area contributed by atoms with Crippen LogP contribution >= 0.6 is 11.3 Å². The summed E-state index contributed by atoms with van der Waals surface area (Å²) in [6.07, 6.45) is 1.95. The number of hydrogen-bond acceptors (Lipinski definition) is 2. The summed E-state index contributed by atoms with van der Waals surface area (Å²) in [5.74, 6) is 0. The molecular formula is C13H12N2S. The molecular weight excluding hydrogens is 216 g/mol. The Kier molecular flexibility index (Phi) is 2.27. The SMILES string of the molecule is N[C@H](c1ccc2cc[nH]c2c1)c1cccs1. The van der Waals surface area contributed by atoms with Gasteiger partial charge in [0, 0.05) is 16.6 Å². The Balaban J connectivity index is 2.05. The number of fused-ring (bicyclic) bond motifs is 1. The second-order valence-electron chi connectivity index (χ2n) is 3.82. The molecule has 3 aromatic rings. The summed E-state index contributed by atoms with van der Waals surface area (Å²) < 4.78 is 0. The highest BCUT2D eigenvalue weighted by atomic mass is 32.1. The fourth-order valence-corrected chi connectivity index (χ4v) is 2.65. The Morgan fingerprint density at radius 2 is 2.12 bits per heavy atom. The van der Waals surface area contributed by atoms with Crippen LogP contribution in [-0.2, 0) is 0 Å². The molecule has 0 saturated carbocycles. The maximum atomic E-state index is 6.22. The Morgan fingerprint density at radius 1 is 1.19 bits per heavy atom. The summed E-state index contributed by atoms with van der Waals surface area (Å²) in [5.41, 5.74) is 8.51. The minimum Gasteiger partial charge on any atom is -0.361 e. The summed E-state index contributed by atoms with van der Waals surface area (Å²) in [4.78, 5) is 4.41. The maximum Gasteiger partial charge on any atom is 0.0646 e. The van der Waals surface area contributed by atoms with Gasteiger partial charge in [-0.25, -0.2) is 0 Å². The van der Waals surface area contributed by atoms with Crippen LogP contribution in [0.1, 0.15) is 16.5 Å². The highest BCUT2D eigenvalue weighted by Crippen LogP contribution is 2.25. The molecule has 0 aliphatic rings. The van der Waals surface area contributed by atoms with Crippen LogP contribution in [0.4, 0.5) is 0 Å². The molecule has 2 nitrogen and oxygen atoms in total. The van der Waals surface area contributed by atoms with E-state index in [1.54, 1.807) is 11.3 Å². The summed E-state index contributed by atoms with van der Waals surface area (Å²) >= 11 is 1.70. The van der Waals surface area contributed by atoms with E-state index in [0.717, 1.165) is 11.1 Å². The van der Waals surface area contributed by atoms with Crippen molar-refractivity contribution in [1.82, 2.24) is 4.98 Å². The van der Waals surface area contributed by atoms with Crippen molar-refractivity contribution in [3.8, 4) is 0 Å². The van der Waals surface area contributed by atoms with E-state index in [0.29, 0.717) is 0 Å². The van der Waals surface area contributed by atoms with Crippen molar-refractivity contribution in [2.45, 2.75) is 6.04 Å². The van der Waals surface area contributed by atoms with Gasteiger partial charge < -0.3 is 10.7 Å². The van der Waals surface area contributed by atoms with Gasteiger partial charge in [0.25, 0.3) is 0 Å². The summed E-state index contributed by atoms with van der Waals surface area (Å²) in [5, 5.41) is 3.28. The molecule has 0 radical (unpaired) electrons. The first-order valence-electron chi connectivity index (χ1n) is 5.20. The number of nitrogens with two attached hydrogens (primary N) is 1. The molecule has 3 N–H and O–H groups in total. The molecule has 0 bridgehead atoms.